The number of nitrogens with two attached hydrogens (primary N) is 1. The van der Waals surface area contributed by atoms with Gasteiger partial charge in [0, 0.05) is 12.6 Å². The molecule has 2 N–H and O–H groups in total. The maximum Gasteiger partial charge on any atom is 0.225 e. The molecule has 1 aliphatic rings. The van der Waals surface area contributed by atoms with E-state index in [1.54, 1.807) is 4.90 Å². The van der Waals surface area contributed by atoms with Crippen molar-refractivity contribution in [2.45, 2.75) is 38.8 Å². The van der Waals surface area contributed by atoms with E-state index in [2.05, 4.69) is 0 Å². The van der Waals surface area contributed by atoms with Crippen LogP contribution in [0, 0.1) is 5.92 Å². The minimum absolute atomic E-state index is 0.0338. The topological polar surface area (TPSA) is 72.6 Å². The summed E-state index contributed by atoms with van der Waals surface area (Å²) in [5, 5.41) is 0. The lowest BCUT2D eigenvalue weighted by atomic mass is 9.92. The molecule has 1 aromatic rings. The van der Waals surface area contributed by atoms with Crippen LogP contribution in [0.3, 0.4) is 0 Å². The first-order valence-corrected chi connectivity index (χ1v) is 7.78. The molecule has 0 saturated carbocycles. The predicted octanol–water partition coefficient (Wildman–Crippen LogP) is 1.71. The summed E-state index contributed by atoms with van der Waals surface area (Å²) in [5.41, 5.74) is 6.45. The molecule has 0 spiro atoms. The SMILES string of the molecule is C[C@@H]1CC[C@@H](C(N)=O)CN1C(=O)CCOCc1ccccc1. The zero-order valence-corrected chi connectivity index (χ0v) is 13.0. The minimum Gasteiger partial charge on any atom is -0.376 e. The zero-order chi connectivity index (χ0) is 15.9. The lowest BCUT2D eigenvalue weighted by Crippen LogP contribution is -2.48. The lowest BCUT2D eigenvalue weighted by Gasteiger charge is -2.37. The van der Waals surface area contributed by atoms with Gasteiger partial charge in [-0.2, -0.15) is 0 Å². The van der Waals surface area contributed by atoms with Crippen molar-refractivity contribution >= 4 is 11.8 Å². The minimum atomic E-state index is -0.315. The van der Waals surface area contributed by atoms with Gasteiger partial charge in [0.1, 0.15) is 0 Å². The van der Waals surface area contributed by atoms with E-state index in [1.165, 1.54) is 0 Å². The van der Waals surface area contributed by atoms with Crippen LogP contribution in [-0.4, -0.2) is 35.9 Å². The molecule has 0 aromatic heterocycles. The largest absolute Gasteiger partial charge is 0.376 e. The van der Waals surface area contributed by atoms with Crippen LogP contribution >= 0.6 is 0 Å². The smallest absolute Gasteiger partial charge is 0.225 e. The molecule has 1 heterocycles. The third-order valence-electron chi connectivity index (χ3n) is 4.18. The molecule has 1 aromatic carbocycles. The number of hydrogen-bond acceptors (Lipinski definition) is 3. The van der Waals surface area contributed by atoms with Crippen LogP contribution in [0.2, 0.25) is 0 Å². The third-order valence-corrected chi connectivity index (χ3v) is 4.18. The van der Waals surface area contributed by atoms with Gasteiger partial charge in [-0.3, -0.25) is 9.59 Å². The van der Waals surface area contributed by atoms with E-state index in [9.17, 15) is 9.59 Å². The van der Waals surface area contributed by atoms with E-state index >= 15 is 0 Å². The highest BCUT2D eigenvalue weighted by molar-refractivity contribution is 5.80. The van der Waals surface area contributed by atoms with Gasteiger partial charge in [-0.05, 0) is 25.3 Å². The molecule has 120 valence electrons. The van der Waals surface area contributed by atoms with Gasteiger partial charge in [-0.15, -0.1) is 0 Å². The van der Waals surface area contributed by atoms with Crippen LogP contribution in [-0.2, 0) is 20.9 Å². The number of ether oxygens (including phenoxy) is 1. The molecule has 0 aliphatic carbocycles. The first kappa shape index (κ1) is 16.5. The van der Waals surface area contributed by atoms with Crippen molar-refractivity contribution in [1.29, 1.82) is 0 Å². The van der Waals surface area contributed by atoms with Crippen molar-refractivity contribution < 1.29 is 14.3 Å². The normalized spacial score (nSPS) is 21.6. The number of carbonyl (C=O) groups is 2. The number of benzene rings is 1. The van der Waals surface area contributed by atoms with Crippen LogP contribution in [0.25, 0.3) is 0 Å². The Labute approximate surface area is 131 Å². The molecule has 0 bridgehead atoms. The molecule has 2 rings (SSSR count). The summed E-state index contributed by atoms with van der Waals surface area (Å²) in [6.45, 7) is 3.35. The highest BCUT2D eigenvalue weighted by Crippen LogP contribution is 2.22. The molecule has 0 radical (unpaired) electrons. The van der Waals surface area contributed by atoms with Crippen LogP contribution in [0.5, 0.6) is 0 Å². The van der Waals surface area contributed by atoms with Gasteiger partial charge in [-0.25, -0.2) is 0 Å². The molecule has 5 nitrogen and oxygen atoms in total. The van der Waals surface area contributed by atoms with E-state index in [4.69, 9.17) is 10.5 Å². The second-order valence-corrected chi connectivity index (χ2v) is 5.86. The Balaban J connectivity index is 1.75. The molecule has 22 heavy (non-hydrogen) atoms. The molecular weight excluding hydrogens is 280 g/mol. The van der Waals surface area contributed by atoms with Gasteiger partial charge in [0.2, 0.25) is 11.8 Å². The summed E-state index contributed by atoms with van der Waals surface area (Å²) in [5.74, 6) is -0.498. The number of amides is 2. The monoisotopic (exact) mass is 304 g/mol. The Morgan fingerprint density at radius 3 is 2.68 bits per heavy atom. The van der Waals surface area contributed by atoms with Crippen LogP contribution in [0.15, 0.2) is 30.3 Å². The fraction of sp³-hybridized carbons (Fsp3) is 0.529. The summed E-state index contributed by atoms with van der Waals surface area (Å²) < 4.78 is 5.55. The van der Waals surface area contributed by atoms with Crippen molar-refractivity contribution in [1.82, 2.24) is 4.90 Å². The Morgan fingerprint density at radius 2 is 2.00 bits per heavy atom. The molecule has 1 aliphatic heterocycles. The van der Waals surface area contributed by atoms with Gasteiger partial charge in [0.25, 0.3) is 0 Å². The van der Waals surface area contributed by atoms with E-state index in [1.807, 2.05) is 37.3 Å². The summed E-state index contributed by atoms with van der Waals surface area (Å²) >= 11 is 0. The fourth-order valence-corrected chi connectivity index (χ4v) is 2.75. The van der Waals surface area contributed by atoms with Crippen molar-refractivity contribution in [2.24, 2.45) is 11.7 Å². The van der Waals surface area contributed by atoms with Gasteiger partial charge in [0.05, 0.1) is 25.6 Å². The number of piperidine rings is 1. The Bertz CT molecular complexity index is 504. The van der Waals surface area contributed by atoms with E-state index in [0.717, 1.165) is 18.4 Å². The van der Waals surface area contributed by atoms with Gasteiger partial charge in [0.15, 0.2) is 0 Å². The quantitative estimate of drug-likeness (QED) is 0.813. The number of nitrogens with zero attached hydrogens (tertiary/aromatic N) is 1. The van der Waals surface area contributed by atoms with Crippen LogP contribution in [0.4, 0.5) is 0 Å². The number of primary amides is 1. The summed E-state index contributed by atoms with van der Waals surface area (Å²) in [4.78, 5) is 25.4. The van der Waals surface area contributed by atoms with Crippen LogP contribution < -0.4 is 5.73 Å². The standard InChI is InChI=1S/C17H24N2O3/c1-13-7-8-15(17(18)21)11-19(13)16(20)9-10-22-12-14-5-3-2-4-6-14/h2-6,13,15H,7-12H2,1H3,(H2,18,21)/t13-,15-/m1/s1. The van der Waals surface area contributed by atoms with Crippen LogP contribution in [0.1, 0.15) is 31.7 Å². The molecule has 1 saturated heterocycles. The lowest BCUT2D eigenvalue weighted by molar-refractivity contribution is -0.138. The number of hydrogen-bond donors (Lipinski definition) is 1. The predicted molar refractivity (Wildman–Crippen MR) is 83.8 cm³/mol. The molecule has 2 amide bonds. The van der Waals surface area contributed by atoms with Crippen molar-refractivity contribution in [3.8, 4) is 0 Å². The summed E-state index contributed by atoms with van der Waals surface area (Å²) in [6.07, 6.45) is 1.93. The molecule has 2 atom stereocenters. The van der Waals surface area contributed by atoms with Crippen molar-refractivity contribution in [3.05, 3.63) is 35.9 Å². The Kier molecular flexibility index (Phi) is 5.95. The average molecular weight is 304 g/mol. The number of carbonyl (C=O) groups excluding carboxylic acids is 2. The Hall–Kier alpha value is -1.88. The molecule has 0 unspecified atom stereocenters. The van der Waals surface area contributed by atoms with E-state index in [-0.39, 0.29) is 23.8 Å². The van der Waals surface area contributed by atoms with Crippen molar-refractivity contribution in [2.75, 3.05) is 13.2 Å². The highest BCUT2D eigenvalue weighted by Gasteiger charge is 2.31. The first-order valence-electron chi connectivity index (χ1n) is 7.78. The maximum atomic E-state index is 12.3. The third kappa shape index (κ3) is 4.56. The van der Waals surface area contributed by atoms with Gasteiger partial charge < -0.3 is 15.4 Å². The number of likely N-dealkylation sites (tertiary alicyclic amines) is 1. The van der Waals surface area contributed by atoms with E-state index < -0.39 is 0 Å². The summed E-state index contributed by atoms with van der Waals surface area (Å²) in [6, 6.07) is 10.0. The fourth-order valence-electron chi connectivity index (χ4n) is 2.75. The van der Waals surface area contributed by atoms with E-state index in [0.29, 0.717) is 26.2 Å². The van der Waals surface area contributed by atoms with Gasteiger partial charge in [-0.1, -0.05) is 30.3 Å². The maximum absolute atomic E-state index is 12.3. The van der Waals surface area contributed by atoms with Gasteiger partial charge >= 0.3 is 0 Å². The average Bonchev–Trinajstić information content (AvgIpc) is 2.52. The Morgan fingerprint density at radius 1 is 1.27 bits per heavy atom. The summed E-state index contributed by atoms with van der Waals surface area (Å²) in [7, 11) is 0. The second-order valence-electron chi connectivity index (χ2n) is 5.86. The van der Waals surface area contributed by atoms with Crippen molar-refractivity contribution in [3.63, 3.8) is 0 Å². The zero-order valence-electron chi connectivity index (χ0n) is 13.0. The molecular formula is C17H24N2O3. The molecule has 5 heteroatoms. The first-order chi connectivity index (χ1) is 10.6. The molecule has 1 fully saturated rings. The number of rotatable bonds is 6. The second kappa shape index (κ2) is 7.94. The highest BCUT2D eigenvalue weighted by atomic mass is 16.5.